The maximum absolute atomic E-state index is 2.75. The number of hydrogen-bond acceptors (Lipinski definition) is 0. The Bertz CT molecular complexity index is 636. The van der Waals surface area contributed by atoms with E-state index in [0.29, 0.717) is 16.2 Å². The molecule has 8 atom stereocenters. The molecule has 0 N–H and O–H groups in total. The molecule has 4 saturated carbocycles. The zero-order valence-electron chi connectivity index (χ0n) is 21.5. The maximum Gasteiger partial charge on any atom is -0.0261 e. The molecular weight excluding hydrogens is 360 g/mol. The van der Waals surface area contributed by atoms with E-state index < -0.39 is 0 Å². The first kappa shape index (κ1) is 22.9. The maximum atomic E-state index is 2.75. The molecule has 30 heavy (non-hydrogen) atoms. The highest BCUT2D eigenvalue weighted by atomic mass is 14.7. The Morgan fingerprint density at radius 2 is 1.60 bits per heavy atom. The Labute approximate surface area is 189 Å². The summed E-state index contributed by atoms with van der Waals surface area (Å²) in [6.45, 7) is 17.8. The number of allylic oxidation sites excluding steroid dienone is 2. The normalized spacial score (nSPS) is 45.8. The Kier molecular flexibility index (Phi) is 6.31. The average Bonchev–Trinajstić information content (AvgIpc) is 3.01. The van der Waals surface area contributed by atoms with Crippen LogP contribution in [0, 0.1) is 51.8 Å². The molecule has 0 amide bonds. The van der Waals surface area contributed by atoms with E-state index in [0.717, 1.165) is 35.5 Å². The zero-order chi connectivity index (χ0) is 21.7. The third-order valence-corrected chi connectivity index (χ3v) is 11.5. The van der Waals surface area contributed by atoms with Gasteiger partial charge in [-0.05, 0) is 130 Å². The van der Waals surface area contributed by atoms with Gasteiger partial charge >= 0.3 is 0 Å². The quantitative estimate of drug-likeness (QED) is 0.311. The van der Waals surface area contributed by atoms with Gasteiger partial charge in [0.2, 0.25) is 0 Å². The van der Waals surface area contributed by atoms with Gasteiger partial charge < -0.3 is 0 Å². The van der Waals surface area contributed by atoms with Crippen LogP contribution in [-0.4, -0.2) is 0 Å². The van der Waals surface area contributed by atoms with E-state index in [-0.39, 0.29) is 0 Å². The van der Waals surface area contributed by atoms with Crippen LogP contribution < -0.4 is 0 Å². The van der Waals surface area contributed by atoms with Crippen LogP contribution in [0.4, 0.5) is 0 Å². The predicted molar refractivity (Wildman–Crippen MR) is 131 cm³/mol. The summed E-state index contributed by atoms with van der Waals surface area (Å²) in [5.41, 5.74) is 3.35. The van der Waals surface area contributed by atoms with Crippen molar-refractivity contribution in [3.8, 4) is 0 Å². The van der Waals surface area contributed by atoms with Gasteiger partial charge in [0.15, 0.2) is 0 Å². The van der Waals surface area contributed by atoms with Crippen molar-refractivity contribution in [3.05, 3.63) is 11.6 Å². The van der Waals surface area contributed by atoms with Crippen molar-refractivity contribution in [2.45, 2.75) is 126 Å². The van der Waals surface area contributed by atoms with Crippen molar-refractivity contribution in [2.75, 3.05) is 0 Å². The highest BCUT2D eigenvalue weighted by Gasteiger charge is 2.62. The molecule has 0 heterocycles. The minimum Gasteiger partial charge on any atom is -0.0859 e. The van der Waals surface area contributed by atoms with E-state index in [4.69, 9.17) is 0 Å². The van der Waals surface area contributed by atoms with Gasteiger partial charge in [-0.3, -0.25) is 0 Å². The second-order valence-electron chi connectivity index (χ2n) is 13.8. The first-order chi connectivity index (χ1) is 14.1. The molecule has 0 aromatic carbocycles. The number of unbranched alkanes of at least 4 members (excludes halogenated alkanes) is 1. The molecule has 0 nitrogen and oxygen atoms in total. The lowest BCUT2D eigenvalue weighted by molar-refractivity contribution is -0.147. The number of hydrogen-bond donors (Lipinski definition) is 0. The largest absolute Gasteiger partial charge is 0.0859 e. The van der Waals surface area contributed by atoms with Crippen LogP contribution in [0.1, 0.15) is 126 Å². The first-order valence-corrected chi connectivity index (χ1v) is 13.7. The van der Waals surface area contributed by atoms with Gasteiger partial charge in [0.1, 0.15) is 0 Å². The summed E-state index contributed by atoms with van der Waals surface area (Å²) in [6.07, 6.45) is 20.3. The number of rotatable bonds is 5. The van der Waals surface area contributed by atoms with E-state index in [2.05, 4.69) is 54.5 Å². The van der Waals surface area contributed by atoms with Crippen molar-refractivity contribution >= 4 is 0 Å². The molecule has 4 aliphatic rings. The second-order valence-corrected chi connectivity index (χ2v) is 13.8. The molecule has 0 heteroatoms. The molecule has 0 aromatic rings. The van der Waals surface area contributed by atoms with Crippen LogP contribution in [0.15, 0.2) is 11.6 Å². The molecular formula is C30H52. The summed E-state index contributed by atoms with van der Waals surface area (Å²) < 4.78 is 0. The molecule has 0 aliphatic heterocycles. The van der Waals surface area contributed by atoms with Gasteiger partial charge in [0.05, 0.1) is 0 Å². The smallest absolute Gasteiger partial charge is 0.0261 e. The fourth-order valence-corrected chi connectivity index (χ4v) is 10.2. The molecule has 0 spiro atoms. The number of fused-ring (bicyclic) bond motifs is 5. The van der Waals surface area contributed by atoms with Crippen molar-refractivity contribution in [3.63, 3.8) is 0 Å². The van der Waals surface area contributed by atoms with E-state index >= 15 is 0 Å². The highest BCUT2D eigenvalue weighted by molar-refractivity contribution is 5.11. The lowest BCUT2D eigenvalue weighted by Crippen LogP contribution is -2.56. The first-order valence-electron chi connectivity index (χ1n) is 13.7. The van der Waals surface area contributed by atoms with E-state index in [1.165, 1.54) is 63.4 Å². The summed E-state index contributed by atoms with van der Waals surface area (Å²) in [7, 11) is 0. The second kappa shape index (κ2) is 8.26. The lowest BCUT2D eigenvalue weighted by Gasteiger charge is -2.64. The molecule has 4 fully saturated rings. The van der Waals surface area contributed by atoms with E-state index in [9.17, 15) is 0 Å². The molecule has 4 aliphatic carbocycles. The van der Waals surface area contributed by atoms with Gasteiger partial charge in [-0.1, -0.05) is 59.1 Å². The highest BCUT2D eigenvalue weighted by Crippen LogP contribution is 2.70. The van der Waals surface area contributed by atoms with Crippen LogP contribution in [0.2, 0.25) is 0 Å². The Hall–Kier alpha value is -0.260. The van der Waals surface area contributed by atoms with Crippen LogP contribution in [0.25, 0.3) is 0 Å². The summed E-state index contributed by atoms with van der Waals surface area (Å²) >= 11 is 0. The van der Waals surface area contributed by atoms with Gasteiger partial charge in [-0.25, -0.2) is 0 Å². The van der Waals surface area contributed by atoms with Crippen LogP contribution in [0.5, 0.6) is 0 Å². The summed E-state index contributed by atoms with van der Waals surface area (Å²) in [5.74, 6) is 5.99. The van der Waals surface area contributed by atoms with Gasteiger partial charge in [-0.2, -0.15) is 0 Å². The molecule has 0 saturated heterocycles. The SMILES string of the molecule is CC(C)=CCCCC(C)C1CCC2C3CCC4C(C)(C)CCCC4(C)C3CCC12C. The van der Waals surface area contributed by atoms with Crippen LogP contribution >= 0.6 is 0 Å². The van der Waals surface area contributed by atoms with E-state index in [1.54, 1.807) is 19.3 Å². The Morgan fingerprint density at radius 1 is 0.867 bits per heavy atom. The van der Waals surface area contributed by atoms with Crippen molar-refractivity contribution < 1.29 is 0 Å². The predicted octanol–water partition coefficient (Wildman–Crippen LogP) is 9.44. The van der Waals surface area contributed by atoms with Crippen molar-refractivity contribution in [1.82, 2.24) is 0 Å². The third-order valence-electron chi connectivity index (χ3n) is 11.5. The van der Waals surface area contributed by atoms with Crippen LogP contribution in [-0.2, 0) is 0 Å². The molecule has 172 valence electrons. The van der Waals surface area contributed by atoms with E-state index in [1.807, 2.05) is 0 Å². The Morgan fingerprint density at radius 3 is 2.33 bits per heavy atom. The molecule has 4 rings (SSSR count). The monoisotopic (exact) mass is 412 g/mol. The molecule has 0 aromatic heterocycles. The van der Waals surface area contributed by atoms with Gasteiger partial charge in [0.25, 0.3) is 0 Å². The standard InChI is InChI=1S/C30H52/c1-21(2)11-8-9-12-22(3)24-14-15-25-23-13-16-27-28(4,5)18-10-19-30(27,7)26(23)17-20-29(24,25)6/h11,22-27H,8-10,12-20H2,1-7H3. The third kappa shape index (κ3) is 3.75. The fraction of sp³-hybridized carbons (Fsp3) is 0.933. The van der Waals surface area contributed by atoms with Crippen LogP contribution in [0.3, 0.4) is 0 Å². The molecule has 0 radical (unpaired) electrons. The molecule has 8 unspecified atom stereocenters. The summed E-state index contributed by atoms with van der Waals surface area (Å²) in [4.78, 5) is 0. The zero-order valence-corrected chi connectivity index (χ0v) is 21.5. The van der Waals surface area contributed by atoms with Crippen molar-refractivity contribution in [2.24, 2.45) is 51.8 Å². The Balaban J connectivity index is 1.47. The minimum atomic E-state index is 0.580. The van der Waals surface area contributed by atoms with Gasteiger partial charge in [-0.15, -0.1) is 0 Å². The lowest BCUT2D eigenvalue weighted by atomic mass is 9.41. The topological polar surface area (TPSA) is 0 Å². The van der Waals surface area contributed by atoms with Crippen molar-refractivity contribution in [1.29, 1.82) is 0 Å². The summed E-state index contributed by atoms with van der Waals surface area (Å²) in [6, 6.07) is 0. The fourth-order valence-electron chi connectivity index (χ4n) is 10.2. The molecule has 0 bridgehead atoms. The average molecular weight is 413 g/mol. The van der Waals surface area contributed by atoms with Gasteiger partial charge in [0, 0.05) is 0 Å². The summed E-state index contributed by atoms with van der Waals surface area (Å²) in [5, 5.41) is 0. The minimum absolute atomic E-state index is 0.580.